The lowest BCUT2D eigenvalue weighted by molar-refractivity contribution is 0.0924. The van der Waals surface area contributed by atoms with Gasteiger partial charge in [0.25, 0.3) is 0 Å². The second-order valence-electron chi connectivity index (χ2n) is 1.63. The highest BCUT2D eigenvalue weighted by atomic mass is 28.1. The molecule has 0 radical (unpaired) electrons. The fourth-order valence-electron chi connectivity index (χ4n) is 0.425. The molecule has 1 atom stereocenters. The van der Waals surface area contributed by atoms with Gasteiger partial charge in [-0.25, -0.2) is 0 Å². The summed E-state index contributed by atoms with van der Waals surface area (Å²) in [7, 11) is 1.12. The fraction of sp³-hybridized carbons (Fsp3) is 1.00. The van der Waals surface area contributed by atoms with Gasteiger partial charge < -0.3 is 10.2 Å². The van der Waals surface area contributed by atoms with Gasteiger partial charge >= 0.3 is 0 Å². The van der Waals surface area contributed by atoms with Crippen molar-refractivity contribution in [1.29, 1.82) is 0 Å². The molecule has 0 aromatic rings. The van der Waals surface area contributed by atoms with E-state index in [0.29, 0.717) is 0 Å². The Balaban J connectivity index is 2.83. The molecule has 7 heavy (non-hydrogen) atoms. The molecule has 0 saturated carbocycles. The lowest BCUT2D eigenvalue weighted by Gasteiger charge is -2.01. The highest BCUT2D eigenvalue weighted by Gasteiger charge is 1.95. The van der Waals surface area contributed by atoms with Gasteiger partial charge in [-0.15, -0.1) is 0 Å². The summed E-state index contributed by atoms with van der Waals surface area (Å²) in [4.78, 5) is 0. The zero-order chi connectivity index (χ0) is 5.70. The lowest BCUT2D eigenvalue weighted by atomic mass is 10.3. The van der Waals surface area contributed by atoms with Crippen LogP contribution in [0.25, 0.3) is 0 Å². The molecule has 2 N–H and O–H groups in total. The molecule has 2 nitrogen and oxygen atoms in total. The number of hydrogen-bond donors (Lipinski definition) is 2. The van der Waals surface area contributed by atoms with Crippen LogP contribution in [-0.2, 0) is 0 Å². The molecule has 1 unspecified atom stereocenters. The van der Waals surface area contributed by atoms with E-state index in [1.54, 1.807) is 0 Å². The van der Waals surface area contributed by atoms with E-state index in [9.17, 15) is 0 Å². The standard InChI is InChI=1S/C4H12O2Si/c5-3-4(6)1-2-7/h4-6H,1-3H2,7H3. The third kappa shape index (κ3) is 3.98. The molecule has 0 aliphatic carbocycles. The SMILES string of the molecule is OCC(O)CC[SiH3]. The highest BCUT2D eigenvalue weighted by Crippen LogP contribution is 1.91. The average Bonchev–Trinajstić information content (AvgIpc) is 1.68. The van der Waals surface area contributed by atoms with E-state index in [0.717, 1.165) is 22.7 Å². The molecule has 44 valence electrons. The van der Waals surface area contributed by atoms with Crippen molar-refractivity contribution in [2.24, 2.45) is 0 Å². The van der Waals surface area contributed by atoms with Crippen molar-refractivity contribution >= 4 is 10.2 Å². The maximum absolute atomic E-state index is 8.63. The summed E-state index contributed by atoms with van der Waals surface area (Å²) in [5.41, 5.74) is 0. The Morgan fingerprint density at radius 1 is 1.57 bits per heavy atom. The molecule has 0 saturated heterocycles. The van der Waals surface area contributed by atoms with E-state index in [-0.39, 0.29) is 6.61 Å². The fourth-order valence-corrected chi connectivity index (χ4v) is 1.09. The monoisotopic (exact) mass is 120 g/mol. The van der Waals surface area contributed by atoms with Gasteiger partial charge in [-0.05, 0) is 6.42 Å². The van der Waals surface area contributed by atoms with Crippen molar-refractivity contribution in [3.05, 3.63) is 0 Å². The quantitative estimate of drug-likeness (QED) is 0.446. The molecule has 0 fully saturated rings. The van der Waals surface area contributed by atoms with E-state index in [2.05, 4.69) is 0 Å². The Kier molecular flexibility index (Phi) is 4.38. The van der Waals surface area contributed by atoms with Crippen LogP contribution in [0.1, 0.15) is 6.42 Å². The predicted octanol–water partition coefficient (Wildman–Crippen LogP) is -1.49. The zero-order valence-corrected chi connectivity index (χ0v) is 6.59. The van der Waals surface area contributed by atoms with Crippen LogP contribution in [0, 0.1) is 0 Å². The van der Waals surface area contributed by atoms with Crippen LogP contribution in [-0.4, -0.2) is 33.2 Å². The molecule has 0 aromatic carbocycles. The Morgan fingerprint density at radius 2 is 2.14 bits per heavy atom. The maximum atomic E-state index is 8.63. The Hall–Kier alpha value is 0.137. The van der Waals surface area contributed by atoms with E-state index < -0.39 is 6.10 Å². The average molecular weight is 120 g/mol. The molecule has 0 aromatic heterocycles. The minimum Gasteiger partial charge on any atom is -0.394 e. The minimum atomic E-state index is -0.461. The van der Waals surface area contributed by atoms with Crippen molar-refractivity contribution in [1.82, 2.24) is 0 Å². The summed E-state index contributed by atoms with van der Waals surface area (Å²) < 4.78 is 0. The normalized spacial score (nSPS) is 14.6. The topological polar surface area (TPSA) is 40.5 Å². The Morgan fingerprint density at radius 3 is 2.29 bits per heavy atom. The van der Waals surface area contributed by atoms with Crippen molar-refractivity contribution in [2.75, 3.05) is 6.61 Å². The Labute approximate surface area is 46.6 Å². The Bertz CT molecular complexity index is 40.7. The van der Waals surface area contributed by atoms with Crippen LogP contribution in [0.4, 0.5) is 0 Å². The third-order valence-electron chi connectivity index (χ3n) is 0.833. The van der Waals surface area contributed by atoms with Crippen LogP contribution in [0.15, 0.2) is 0 Å². The van der Waals surface area contributed by atoms with Gasteiger partial charge in [0.15, 0.2) is 0 Å². The molecule has 0 aliphatic rings. The largest absolute Gasteiger partial charge is 0.394 e. The van der Waals surface area contributed by atoms with Crippen LogP contribution in [0.2, 0.25) is 6.04 Å². The van der Waals surface area contributed by atoms with Gasteiger partial charge in [-0.3, -0.25) is 0 Å². The minimum absolute atomic E-state index is 0.0811. The van der Waals surface area contributed by atoms with Gasteiger partial charge in [-0.2, -0.15) is 0 Å². The molecule has 0 heterocycles. The van der Waals surface area contributed by atoms with Crippen molar-refractivity contribution in [3.63, 3.8) is 0 Å². The van der Waals surface area contributed by atoms with E-state index in [4.69, 9.17) is 10.2 Å². The molecule has 0 amide bonds. The summed E-state index contributed by atoms with van der Waals surface area (Å²) in [6, 6.07) is 1.07. The van der Waals surface area contributed by atoms with Gasteiger partial charge in [0.2, 0.25) is 0 Å². The molecular weight excluding hydrogens is 108 g/mol. The van der Waals surface area contributed by atoms with Crippen molar-refractivity contribution in [2.45, 2.75) is 18.6 Å². The van der Waals surface area contributed by atoms with Crippen LogP contribution in [0.3, 0.4) is 0 Å². The maximum Gasteiger partial charge on any atom is 0.0768 e. The summed E-state index contributed by atoms with van der Waals surface area (Å²) in [5, 5.41) is 16.9. The molecular formula is C4H12O2Si. The van der Waals surface area contributed by atoms with Gasteiger partial charge in [-0.1, -0.05) is 6.04 Å². The van der Waals surface area contributed by atoms with Crippen molar-refractivity contribution in [3.8, 4) is 0 Å². The van der Waals surface area contributed by atoms with Crippen molar-refractivity contribution < 1.29 is 10.2 Å². The zero-order valence-electron chi connectivity index (χ0n) is 4.59. The van der Waals surface area contributed by atoms with E-state index in [1.807, 2.05) is 0 Å². The summed E-state index contributed by atoms with van der Waals surface area (Å²) >= 11 is 0. The van der Waals surface area contributed by atoms with Gasteiger partial charge in [0.05, 0.1) is 12.7 Å². The van der Waals surface area contributed by atoms with Crippen LogP contribution in [0.5, 0.6) is 0 Å². The summed E-state index contributed by atoms with van der Waals surface area (Å²) in [5.74, 6) is 0. The van der Waals surface area contributed by atoms with Gasteiger partial charge in [0, 0.05) is 10.2 Å². The first-order valence-electron chi connectivity index (χ1n) is 2.60. The molecule has 0 rings (SSSR count). The summed E-state index contributed by atoms with van der Waals surface area (Å²) in [6.07, 6.45) is 0.306. The second-order valence-corrected chi connectivity index (χ2v) is 2.63. The number of hydrogen-bond acceptors (Lipinski definition) is 2. The van der Waals surface area contributed by atoms with Gasteiger partial charge in [0.1, 0.15) is 0 Å². The predicted molar refractivity (Wildman–Crippen MR) is 32.5 cm³/mol. The molecule has 3 heteroatoms. The molecule has 0 spiro atoms. The smallest absolute Gasteiger partial charge is 0.0768 e. The lowest BCUT2D eigenvalue weighted by Crippen LogP contribution is -2.10. The number of aliphatic hydroxyl groups is 2. The molecule has 0 bridgehead atoms. The second kappa shape index (κ2) is 4.30. The highest BCUT2D eigenvalue weighted by molar-refractivity contribution is 6.08. The number of rotatable bonds is 3. The van der Waals surface area contributed by atoms with Crippen LogP contribution >= 0.6 is 0 Å². The van der Waals surface area contributed by atoms with E-state index >= 15 is 0 Å². The number of aliphatic hydroxyl groups excluding tert-OH is 2. The molecule has 0 aliphatic heterocycles. The third-order valence-corrected chi connectivity index (χ3v) is 1.41. The van der Waals surface area contributed by atoms with E-state index in [1.165, 1.54) is 0 Å². The van der Waals surface area contributed by atoms with Crippen LogP contribution < -0.4 is 0 Å². The first kappa shape index (κ1) is 7.14. The summed E-state index contributed by atoms with van der Waals surface area (Å²) in [6.45, 7) is -0.0811. The first-order chi connectivity index (χ1) is 3.31. The first-order valence-corrected chi connectivity index (χ1v) is 4.01.